The number of hydrogen-bond acceptors (Lipinski definition) is 9. The molecule has 3 heterocycles. The molecule has 9 nitrogen and oxygen atoms in total. The number of hydrogen-bond donors (Lipinski definition) is 1. The van der Waals surface area contributed by atoms with E-state index < -0.39 is 17.6 Å². The van der Waals surface area contributed by atoms with E-state index in [1.807, 2.05) is 4.90 Å². The highest BCUT2D eigenvalue weighted by Crippen LogP contribution is 2.20. The summed E-state index contributed by atoms with van der Waals surface area (Å²) in [5.41, 5.74) is -0.268. The number of halogens is 2. The molecule has 1 aromatic heterocycles. The summed E-state index contributed by atoms with van der Waals surface area (Å²) >= 11 is 0. The molecule has 2 saturated heterocycles. The number of rotatable bonds is 9. The van der Waals surface area contributed by atoms with Gasteiger partial charge in [0.15, 0.2) is 5.82 Å². The van der Waals surface area contributed by atoms with E-state index >= 15 is 0 Å². The van der Waals surface area contributed by atoms with Gasteiger partial charge in [-0.2, -0.15) is 4.98 Å². The monoisotopic (exact) mass is 475 g/mol. The number of benzene rings is 1. The summed E-state index contributed by atoms with van der Waals surface area (Å²) in [5.74, 6) is -1.61. The van der Waals surface area contributed by atoms with Gasteiger partial charge < -0.3 is 19.9 Å². The second-order valence-electron chi connectivity index (χ2n) is 8.46. The zero-order chi connectivity index (χ0) is 23.9. The highest BCUT2D eigenvalue weighted by molar-refractivity contribution is 5.92. The number of nitrogens with zero attached hydrogens (tertiary/aromatic N) is 6. The lowest BCUT2D eigenvalue weighted by atomic mass is 10.2. The Morgan fingerprint density at radius 1 is 1.00 bits per heavy atom. The molecular formula is C23H31F2N7O2. The van der Waals surface area contributed by atoms with Gasteiger partial charge in [-0.05, 0) is 45.0 Å². The molecular weight excluding hydrogens is 444 g/mol. The summed E-state index contributed by atoms with van der Waals surface area (Å²) < 4.78 is 33.2. The van der Waals surface area contributed by atoms with Crippen LogP contribution in [0.25, 0.3) is 0 Å². The van der Waals surface area contributed by atoms with E-state index in [4.69, 9.17) is 4.74 Å². The van der Waals surface area contributed by atoms with E-state index in [1.165, 1.54) is 44.1 Å². The van der Waals surface area contributed by atoms with Crippen molar-refractivity contribution < 1.29 is 18.3 Å². The van der Waals surface area contributed by atoms with Crippen LogP contribution in [-0.2, 0) is 11.3 Å². The minimum Gasteiger partial charge on any atom is -0.461 e. The molecule has 0 bridgehead atoms. The first-order valence-corrected chi connectivity index (χ1v) is 11.8. The maximum Gasteiger partial charge on any atom is 0.362 e. The quantitative estimate of drug-likeness (QED) is 0.548. The number of nitrogens with one attached hydrogen (secondary N) is 1. The zero-order valence-corrected chi connectivity index (χ0v) is 19.5. The normalized spacial score (nSPS) is 17.2. The van der Waals surface area contributed by atoms with E-state index in [2.05, 4.69) is 30.3 Å². The molecule has 34 heavy (non-hydrogen) atoms. The maximum absolute atomic E-state index is 14.1. The molecule has 1 aromatic carbocycles. The summed E-state index contributed by atoms with van der Waals surface area (Å²) in [6, 6.07) is 3.66. The Balaban J connectivity index is 1.43. The van der Waals surface area contributed by atoms with Crippen molar-refractivity contribution in [1.29, 1.82) is 0 Å². The first-order valence-electron chi connectivity index (χ1n) is 11.8. The van der Waals surface area contributed by atoms with E-state index in [0.717, 1.165) is 39.3 Å². The summed E-state index contributed by atoms with van der Waals surface area (Å²) in [7, 11) is 0. The zero-order valence-electron chi connectivity index (χ0n) is 19.5. The van der Waals surface area contributed by atoms with Crippen LogP contribution in [0.1, 0.15) is 35.8 Å². The number of aromatic nitrogens is 3. The highest BCUT2D eigenvalue weighted by atomic mass is 19.1. The van der Waals surface area contributed by atoms with Gasteiger partial charge in [0.25, 0.3) is 0 Å². The standard InChI is InChI=1S/C23H31F2N7O2/c1-2-34-22(33)20-21(26-16-17-18(24)6-5-7-19(17)25)27-23(29-28-20)32-14-12-31(13-15-32)11-10-30-8-3-4-9-30/h5-7H,2-4,8-16H2,1H3,(H,26,27,29). The van der Waals surface area contributed by atoms with Gasteiger partial charge in [0.05, 0.1) is 6.61 Å². The topological polar surface area (TPSA) is 86.7 Å². The lowest BCUT2D eigenvalue weighted by Gasteiger charge is -2.35. The average Bonchev–Trinajstić information content (AvgIpc) is 3.37. The maximum atomic E-state index is 14.1. The average molecular weight is 476 g/mol. The van der Waals surface area contributed by atoms with Gasteiger partial charge in [-0.15, -0.1) is 10.2 Å². The minimum absolute atomic E-state index is 0.0857. The van der Waals surface area contributed by atoms with Crippen LogP contribution in [0.15, 0.2) is 18.2 Å². The number of piperazine rings is 1. The third-order valence-electron chi connectivity index (χ3n) is 6.22. The first-order chi connectivity index (χ1) is 16.5. The fourth-order valence-corrected chi connectivity index (χ4v) is 4.25. The van der Waals surface area contributed by atoms with Crippen LogP contribution >= 0.6 is 0 Å². The van der Waals surface area contributed by atoms with Crippen LogP contribution in [0.3, 0.4) is 0 Å². The Morgan fingerprint density at radius 3 is 2.29 bits per heavy atom. The molecule has 0 saturated carbocycles. The lowest BCUT2D eigenvalue weighted by Crippen LogP contribution is -2.49. The molecule has 2 fully saturated rings. The molecule has 4 rings (SSSR count). The second kappa shape index (κ2) is 11.5. The van der Waals surface area contributed by atoms with E-state index in [1.54, 1.807) is 6.92 Å². The van der Waals surface area contributed by atoms with Crippen LogP contribution in [0.2, 0.25) is 0 Å². The van der Waals surface area contributed by atoms with Crippen molar-refractivity contribution >= 4 is 17.7 Å². The molecule has 11 heteroatoms. The number of carbonyl (C=O) groups is 1. The van der Waals surface area contributed by atoms with Crippen LogP contribution in [0, 0.1) is 11.6 Å². The van der Waals surface area contributed by atoms with Gasteiger partial charge in [-0.1, -0.05) is 6.07 Å². The van der Waals surface area contributed by atoms with Crippen molar-refractivity contribution in [3.8, 4) is 0 Å². The van der Waals surface area contributed by atoms with Crippen LogP contribution in [-0.4, -0.2) is 89.9 Å². The molecule has 0 radical (unpaired) electrons. The SMILES string of the molecule is CCOC(=O)c1nnc(N2CCN(CCN3CCCC3)CC2)nc1NCc1c(F)cccc1F. The molecule has 0 amide bonds. The summed E-state index contributed by atoms with van der Waals surface area (Å²) in [5, 5.41) is 11.0. The van der Waals surface area contributed by atoms with Crippen molar-refractivity contribution in [3.05, 3.63) is 41.1 Å². The molecule has 2 aliphatic rings. The molecule has 184 valence electrons. The van der Waals surface area contributed by atoms with E-state index in [9.17, 15) is 13.6 Å². The largest absolute Gasteiger partial charge is 0.461 e. The summed E-state index contributed by atoms with van der Waals surface area (Å²) in [6.07, 6.45) is 2.58. The van der Waals surface area contributed by atoms with Gasteiger partial charge in [-0.25, -0.2) is 13.6 Å². The number of likely N-dealkylation sites (tertiary alicyclic amines) is 1. The van der Waals surface area contributed by atoms with Crippen molar-refractivity contribution in [2.75, 3.05) is 69.2 Å². The number of ether oxygens (including phenoxy) is 1. The van der Waals surface area contributed by atoms with Gasteiger partial charge in [-0.3, -0.25) is 4.90 Å². The van der Waals surface area contributed by atoms with Crippen molar-refractivity contribution in [2.24, 2.45) is 0 Å². The Morgan fingerprint density at radius 2 is 1.65 bits per heavy atom. The van der Waals surface area contributed by atoms with Crippen molar-refractivity contribution in [2.45, 2.75) is 26.3 Å². The fourth-order valence-electron chi connectivity index (χ4n) is 4.25. The molecule has 2 aliphatic heterocycles. The first kappa shape index (κ1) is 24.2. The summed E-state index contributed by atoms with van der Waals surface area (Å²) in [6.45, 7) is 9.35. The van der Waals surface area contributed by atoms with E-state index in [0.29, 0.717) is 5.95 Å². The summed E-state index contributed by atoms with van der Waals surface area (Å²) in [4.78, 5) is 23.8. The molecule has 0 unspecified atom stereocenters. The smallest absolute Gasteiger partial charge is 0.362 e. The van der Waals surface area contributed by atoms with Crippen molar-refractivity contribution in [3.63, 3.8) is 0 Å². The Hall–Kier alpha value is -2.92. The van der Waals surface area contributed by atoms with Gasteiger partial charge in [0.1, 0.15) is 11.6 Å². The Labute approximate surface area is 198 Å². The Bertz CT molecular complexity index is 960. The van der Waals surface area contributed by atoms with E-state index in [-0.39, 0.29) is 30.2 Å². The molecule has 1 N–H and O–H groups in total. The minimum atomic E-state index is -0.697. The molecule has 0 spiro atoms. The second-order valence-corrected chi connectivity index (χ2v) is 8.46. The Kier molecular flexibility index (Phi) is 8.17. The van der Waals surface area contributed by atoms with Crippen LogP contribution < -0.4 is 10.2 Å². The third kappa shape index (κ3) is 5.95. The van der Waals surface area contributed by atoms with Gasteiger partial charge >= 0.3 is 5.97 Å². The number of anilines is 2. The van der Waals surface area contributed by atoms with Gasteiger partial charge in [0.2, 0.25) is 11.6 Å². The predicted octanol–water partition coefficient (Wildman–Crippen LogP) is 2.16. The fraction of sp³-hybridized carbons (Fsp3) is 0.565. The molecule has 2 aromatic rings. The van der Waals surface area contributed by atoms with Crippen LogP contribution in [0.5, 0.6) is 0 Å². The highest BCUT2D eigenvalue weighted by Gasteiger charge is 2.24. The number of esters is 1. The van der Waals surface area contributed by atoms with Gasteiger partial charge in [0, 0.05) is 51.4 Å². The third-order valence-corrected chi connectivity index (χ3v) is 6.22. The molecule has 0 aliphatic carbocycles. The number of carbonyl (C=O) groups excluding carboxylic acids is 1. The lowest BCUT2D eigenvalue weighted by molar-refractivity contribution is 0.0519. The van der Waals surface area contributed by atoms with Crippen molar-refractivity contribution in [1.82, 2.24) is 25.0 Å². The van der Waals surface area contributed by atoms with Crippen LogP contribution in [0.4, 0.5) is 20.5 Å². The predicted molar refractivity (Wildman–Crippen MR) is 124 cm³/mol. The molecule has 0 atom stereocenters.